The Morgan fingerprint density at radius 3 is 1.56 bits per heavy atom. The molecule has 0 aromatic carbocycles. The molecule has 0 fully saturated rings. The van der Waals surface area contributed by atoms with E-state index in [0.717, 1.165) is 24.3 Å². The van der Waals surface area contributed by atoms with Gasteiger partial charge >= 0.3 is 0 Å². The minimum absolute atomic E-state index is 0.102. The summed E-state index contributed by atoms with van der Waals surface area (Å²) in [4.78, 5) is 21.8. The van der Waals surface area contributed by atoms with Gasteiger partial charge in [0, 0.05) is 38.4 Å². The van der Waals surface area contributed by atoms with Gasteiger partial charge in [-0.15, -0.1) is 0 Å². The highest BCUT2D eigenvalue weighted by Gasteiger charge is 1.99. The van der Waals surface area contributed by atoms with Crippen LogP contribution in [-0.2, 0) is 9.59 Å². The molecule has 0 rings (SSSR count). The Balaban J connectivity index is 3.10. The van der Waals surface area contributed by atoms with Crippen LogP contribution in [0.25, 0.3) is 0 Å². The first kappa shape index (κ1) is 15.6. The normalized spacial score (nSPS) is 9.88. The summed E-state index contributed by atoms with van der Waals surface area (Å²) in [6, 6.07) is 0. The average Bonchev–Trinajstić information content (AvgIpc) is 2.31. The molecule has 0 heterocycles. The molecule has 4 nitrogen and oxygen atoms in total. The summed E-state index contributed by atoms with van der Waals surface area (Å²) >= 11 is 0. The molecule has 0 aliphatic heterocycles. The summed E-state index contributed by atoms with van der Waals surface area (Å²) in [6.07, 6.45) is 3.02. The standard InChI is InChI=1S/C10H20N2O2S2/c1-11-9(13)5-3-7-15-16-8-4-6-10(14)12-2/h3-8H2,1-2H3,(H,11,13)(H,12,14). The lowest BCUT2D eigenvalue weighted by Gasteiger charge is -2.01. The Hall–Kier alpha value is -0.360. The van der Waals surface area contributed by atoms with Crippen molar-refractivity contribution in [2.75, 3.05) is 25.6 Å². The summed E-state index contributed by atoms with van der Waals surface area (Å²) in [5.74, 6) is 2.17. The number of hydrogen-bond donors (Lipinski definition) is 2. The fraction of sp³-hybridized carbons (Fsp3) is 0.800. The lowest BCUT2D eigenvalue weighted by atomic mass is 10.3. The zero-order valence-electron chi connectivity index (χ0n) is 9.88. The zero-order chi connectivity index (χ0) is 12.2. The first-order valence-corrected chi connectivity index (χ1v) is 7.85. The molecule has 0 aromatic heterocycles. The third-order valence-corrected chi connectivity index (χ3v) is 4.48. The van der Waals surface area contributed by atoms with Gasteiger partial charge in [-0.3, -0.25) is 9.59 Å². The van der Waals surface area contributed by atoms with Crippen LogP contribution in [0.5, 0.6) is 0 Å². The van der Waals surface area contributed by atoms with Crippen LogP contribution in [0.2, 0.25) is 0 Å². The number of rotatable bonds is 9. The molecule has 2 amide bonds. The minimum atomic E-state index is 0.102. The van der Waals surface area contributed by atoms with Crippen LogP contribution in [0.15, 0.2) is 0 Å². The van der Waals surface area contributed by atoms with E-state index in [1.54, 1.807) is 35.7 Å². The smallest absolute Gasteiger partial charge is 0.219 e. The molecule has 0 atom stereocenters. The number of carbonyl (C=O) groups is 2. The second kappa shape index (κ2) is 11.1. The van der Waals surface area contributed by atoms with Crippen LogP contribution in [0.1, 0.15) is 25.7 Å². The SMILES string of the molecule is CNC(=O)CCCSSCCCC(=O)NC. The fourth-order valence-electron chi connectivity index (χ4n) is 0.951. The number of hydrogen-bond acceptors (Lipinski definition) is 4. The van der Waals surface area contributed by atoms with E-state index in [1.807, 2.05) is 0 Å². The van der Waals surface area contributed by atoms with Crippen molar-refractivity contribution in [2.24, 2.45) is 0 Å². The van der Waals surface area contributed by atoms with Crippen molar-refractivity contribution in [3.63, 3.8) is 0 Å². The van der Waals surface area contributed by atoms with Crippen LogP contribution >= 0.6 is 21.6 Å². The molecule has 0 radical (unpaired) electrons. The van der Waals surface area contributed by atoms with Crippen molar-refractivity contribution in [2.45, 2.75) is 25.7 Å². The van der Waals surface area contributed by atoms with Gasteiger partial charge in [0.25, 0.3) is 0 Å². The maximum Gasteiger partial charge on any atom is 0.219 e. The summed E-state index contributed by atoms with van der Waals surface area (Å²) in [6.45, 7) is 0. The summed E-state index contributed by atoms with van der Waals surface area (Å²) < 4.78 is 0. The highest BCUT2D eigenvalue weighted by molar-refractivity contribution is 8.76. The van der Waals surface area contributed by atoms with Gasteiger partial charge in [-0.25, -0.2) is 0 Å². The van der Waals surface area contributed by atoms with Crippen molar-refractivity contribution >= 4 is 33.4 Å². The van der Waals surface area contributed by atoms with E-state index in [-0.39, 0.29) is 11.8 Å². The molecule has 0 saturated heterocycles. The highest BCUT2D eigenvalue weighted by atomic mass is 33.1. The van der Waals surface area contributed by atoms with Gasteiger partial charge in [0.05, 0.1) is 0 Å². The molecule has 2 N–H and O–H groups in total. The Kier molecular flexibility index (Phi) is 10.9. The monoisotopic (exact) mass is 264 g/mol. The van der Waals surface area contributed by atoms with Gasteiger partial charge in [-0.1, -0.05) is 21.6 Å². The number of amides is 2. The van der Waals surface area contributed by atoms with E-state index >= 15 is 0 Å². The number of carbonyl (C=O) groups excluding carboxylic acids is 2. The Morgan fingerprint density at radius 1 is 0.875 bits per heavy atom. The van der Waals surface area contributed by atoms with Crippen LogP contribution in [-0.4, -0.2) is 37.4 Å². The fourth-order valence-corrected chi connectivity index (χ4v) is 3.13. The number of nitrogens with one attached hydrogen (secondary N) is 2. The zero-order valence-corrected chi connectivity index (χ0v) is 11.5. The summed E-state index contributed by atoms with van der Waals surface area (Å²) in [7, 11) is 6.85. The van der Waals surface area contributed by atoms with Gasteiger partial charge in [0.2, 0.25) is 11.8 Å². The predicted octanol–water partition coefficient (Wildman–Crippen LogP) is 1.42. The van der Waals surface area contributed by atoms with Crippen molar-refractivity contribution in [3.8, 4) is 0 Å². The molecular weight excluding hydrogens is 244 g/mol. The first-order valence-electron chi connectivity index (χ1n) is 5.36. The van der Waals surface area contributed by atoms with Crippen LogP contribution in [0.4, 0.5) is 0 Å². The van der Waals surface area contributed by atoms with Crippen LogP contribution < -0.4 is 10.6 Å². The van der Waals surface area contributed by atoms with E-state index in [0.29, 0.717) is 12.8 Å². The second-order valence-electron chi connectivity index (χ2n) is 3.20. The molecule has 0 unspecified atom stereocenters. The van der Waals surface area contributed by atoms with E-state index in [2.05, 4.69) is 10.6 Å². The average molecular weight is 264 g/mol. The van der Waals surface area contributed by atoms with Crippen LogP contribution in [0.3, 0.4) is 0 Å². The topological polar surface area (TPSA) is 58.2 Å². The molecule has 0 aromatic rings. The summed E-state index contributed by atoms with van der Waals surface area (Å²) in [5.41, 5.74) is 0. The van der Waals surface area contributed by atoms with Crippen molar-refractivity contribution < 1.29 is 9.59 Å². The molecule has 0 bridgehead atoms. The molecule has 0 saturated carbocycles. The minimum Gasteiger partial charge on any atom is -0.359 e. The van der Waals surface area contributed by atoms with Gasteiger partial charge < -0.3 is 10.6 Å². The molecule has 0 aliphatic carbocycles. The molecule has 16 heavy (non-hydrogen) atoms. The van der Waals surface area contributed by atoms with Gasteiger partial charge in [0.1, 0.15) is 0 Å². The van der Waals surface area contributed by atoms with Gasteiger partial charge in [-0.2, -0.15) is 0 Å². The molecule has 0 aliphatic rings. The molecule has 6 heteroatoms. The maximum atomic E-state index is 10.9. The molecular formula is C10H20N2O2S2. The third-order valence-electron chi connectivity index (χ3n) is 1.90. The van der Waals surface area contributed by atoms with Crippen molar-refractivity contribution in [1.82, 2.24) is 10.6 Å². The third kappa shape index (κ3) is 10.2. The van der Waals surface area contributed by atoms with E-state index in [9.17, 15) is 9.59 Å². The van der Waals surface area contributed by atoms with Crippen molar-refractivity contribution in [3.05, 3.63) is 0 Å². The predicted molar refractivity (Wildman–Crippen MR) is 71.5 cm³/mol. The maximum absolute atomic E-state index is 10.9. The first-order chi connectivity index (χ1) is 7.70. The highest BCUT2D eigenvalue weighted by Crippen LogP contribution is 2.23. The van der Waals surface area contributed by atoms with E-state index < -0.39 is 0 Å². The van der Waals surface area contributed by atoms with Gasteiger partial charge in [-0.05, 0) is 12.8 Å². The van der Waals surface area contributed by atoms with Gasteiger partial charge in [0.15, 0.2) is 0 Å². The Bertz CT molecular complexity index is 191. The lowest BCUT2D eigenvalue weighted by Crippen LogP contribution is -2.17. The quantitative estimate of drug-likeness (QED) is 0.488. The van der Waals surface area contributed by atoms with E-state index in [4.69, 9.17) is 0 Å². The largest absolute Gasteiger partial charge is 0.359 e. The van der Waals surface area contributed by atoms with E-state index in [1.165, 1.54) is 0 Å². The summed E-state index contributed by atoms with van der Waals surface area (Å²) in [5, 5.41) is 5.19. The lowest BCUT2D eigenvalue weighted by molar-refractivity contribution is -0.121. The molecule has 0 spiro atoms. The van der Waals surface area contributed by atoms with Crippen LogP contribution in [0, 0.1) is 0 Å². The molecule has 94 valence electrons. The Labute approximate surface area is 105 Å². The van der Waals surface area contributed by atoms with Crippen molar-refractivity contribution in [1.29, 1.82) is 0 Å². The Morgan fingerprint density at radius 2 is 1.25 bits per heavy atom. The second-order valence-corrected chi connectivity index (χ2v) is 5.90.